The predicted molar refractivity (Wildman–Crippen MR) is 229 cm³/mol. The second kappa shape index (κ2) is 20.3. The fraction of sp³-hybridized carbons (Fsp3) is 0.447. The molecule has 2 N–H and O–H groups in total. The van der Waals surface area contributed by atoms with E-state index >= 15 is 0 Å². The van der Waals surface area contributed by atoms with Crippen LogP contribution in [0.15, 0.2) is 103 Å². The Labute approximate surface area is 361 Å². The molecule has 1 saturated carbocycles. The molecule has 6 unspecified atom stereocenters. The normalized spacial score (nSPS) is 23.6. The third-order valence-electron chi connectivity index (χ3n) is 12.1. The summed E-state index contributed by atoms with van der Waals surface area (Å²) in [6.07, 6.45) is 9.86. The van der Waals surface area contributed by atoms with E-state index in [4.69, 9.17) is 33.3 Å². The van der Waals surface area contributed by atoms with Gasteiger partial charge in [0.05, 0.1) is 35.8 Å². The second-order valence-corrected chi connectivity index (χ2v) is 15.8. The molecule has 62 heavy (non-hydrogen) atoms. The molecule has 0 saturated heterocycles. The first kappa shape index (κ1) is 44.2. The minimum Gasteiger partial charge on any atom is -0.459 e. The number of nitro benzene ring substituents is 1. The zero-order valence-corrected chi connectivity index (χ0v) is 35.0. The molecule has 0 spiro atoms. The first-order valence-electron chi connectivity index (χ1n) is 21.2. The van der Waals surface area contributed by atoms with Crippen molar-refractivity contribution in [2.24, 2.45) is 22.9 Å². The molecule has 2 aliphatic carbocycles. The van der Waals surface area contributed by atoms with Gasteiger partial charge >= 0.3 is 6.09 Å². The van der Waals surface area contributed by atoms with Crippen molar-refractivity contribution in [2.75, 3.05) is 40.3 Å². The lowest BCUT2D eigenvalue weighted by Gasteiger charge is -2.59. The fourth-order valence-electron chi connectivity index (χ4n) is 9.47. The molecule has 3 aromatic rings. The van der Waals surface area contributed by atoms with Gasteiger partial charge in [0, 0.05) is 43.7 Å². The largest absolute Gasteiger partial charge is 0.459 e. The number of carbonyl (C=O) groups excluding carboxylic acids is 1. The van der Waals surface area contributed by atoms with Crippen LogP contribution in [0, 0.1) is 27.9 Å². The quantitative estimate of drug-likeness (QED) is 0.0452. The van der Waals surface area contributed by atoms with Crippen molar-refractivity contribution in [3.05, 3.63) is 119 Å². The highest BCUT2D eigenvalue weighted by Crippen LogP contribution is 2.62. The zero-order chi connectivity index (χ0) is 43.6. The van der Waals surface area contributed by atoms with E-state index in [0.29, 0.717) is 53.7 Å². The highest BCUT2D eigenvalue weighted by molar-refractivity contribution is 6.03. The van der Waals surface area contributed by atoms with Crippen molar-refractivity contribution in [1.82, 2.24) is 4.90 Å². The molecule has 3 aromatic carbocycles. The number of carbonyl (C=O) groups is 1. The lowest BCUT2D eigenvalue weighted by atomic mass is 9.55. The van der Waals surface area contributed by atoms with E-state index in [2.05, 4.69) is 24.4 Å². The molecule has 2 heterocycles. The van der Waals surface area contributed by atoms with E-state index in [0.717, 1.165) is 42.4 Å². The monoisotopic (exact) mass is 853 g/mol. The highest BCUT2D eigenvalue weighted by Gasteiger charge is 2.65. The Balaban J connectivity index is 1.43. The average Bonchev–Trinajstić information content (AvgIpc) is 3.75. The number of fused-ring (bicyclic) bond motifs is 3. The molecule has 330 valence electrons. The lowest BCUT2D eigenvalue weighted by molar-refractivity contribution is -0.384. The molecule has 0 bridgehead atoms. The maximum Gasteiger partial charge on any atom is 0.410 e. The molecule has 7 rings (SSSR count). The molecule has 6 atom stereocenters. The number of aliphatic hydroxyl groups is 2. The number of benzene rings is 3. The smallest absolute Gasteiger partial charge is 0.410 e. The molecule has 15 heteroatoms. The van der Waals surface area contributed by atoms with Crippen LogP contribution < -0.4 is 18.9 Å². The van der Waals surface area contributed by atoms with Crippen LogP contribution in [-0.2, 0) is 20.9 Å². The van der Waals surface area contributed by atoms with Crippen LogP contribution >= 0.6 is 0 Å². The number of nitro groups is 1. The third-order valence-corrected chi connectivity index (χ3v) is 12.1. The van der Waals surface area contributed by atoms with Gasteiger partial charge in [-0.05, 0) is 91.5 Å². The van der Waals surface area contributed by atoms with Gasteiger partial charge in [0.2, 0.25) is 12.6 Å². The molecular formula is C47H55N3O12. The summed E-state index contributed by atoms with van der Waals surface area (Å²) in [5, 5.41) is 36.1. The van der Waals surface area contributed by atoms with Crippen LogP contribution in [0.3, 0.4) is 0 Å². The summed E-state index contributed by atoms with van der Waals surface area (Å²) in [5.41, 5.74) is 2.97. The van der Waals surface area contributed by atoms with Crippen LogP contribution in [-0.4, -0.2) is 84.0 Å². The maximum absolute atomic E-state index is 14.6. The topological polar surface area (TPSA) is 181 Å². The fourth-order valence-corrected chi connectivity index (χ4v) is 9.47. The van der Waals surface area contributed by atoms with Crippen molar-refractivity contribution in [3.63, 3.8) is 0 Å². The Morgan fingerprint density at radius 3 is 2.52 bits per heavy atom. The third kappa shape index (κ3) is 9.30. The number of aliphatic hydroxyl groups excluding tert-OH is 2. The van der Waals surface area contributed by atoms with E-state index in [1.807, 2.05) is 30.3 Å². The van der Waals surface area contributed by atoms with Gasteiger partial charge in [0.1, 0.15) is 30.4 Å². The molecule has 0 radical (unpaired) electrons. The van der Waals surface area contributed by atoms with Crippen LogP contribution in [0.25, 0.3) is 0 Å². The average molecular weight is 854 g/mol. The SMILES string of the molecule is C=CCCOC(=O)N(Cc1ccc2c(c1)OCO2)C1CC(=NOC)C2=CC(CCCCO)C(CCCCO)C3c4cc(Oc5cccc([N+](=O)[O-])c5)ccc4OC1(OCC=C)C23. The van der Waals surface area contributed by atoms with E-state index < -0.39 is 28.8 Å². The molecular weight excluding hydrogens is 799 g/mol. The van der Waals surface area contributed by atoms with Gasteiger partial charge in [0.15, 0.2) is 11.5 Å². The minimum absolute atomic E-state index is 0.00750. The summed E-state index contributed by atoms with van der Waals surface area (Å²) >= 11 is 0. The molecule has 1 amide bonds. The summed E-state index contributed by atoms with van der Waals surface area (Å²) in [7, 11) is 1.49. The van der Waals surface area contributed by atoms with Gasteiger partial charge < -0.3 is 43.5 Å². The number of hydrogen-bond acceptors (Lipinski definition) is 13. The van der Waals surface area contributed by atoms with Gasteiger partial charge in [-0.3, -0.25) is 15.0 Å². The van der Waals surface area contributed by atoms with E-state index in [-0.39, 0.29) is 69.6 Å². The number of ether oxygens (including phenoxy) is 6. The Bertz CT molecular complexity index is 2160. The minimum atomic E-state index is -1.54. The Morgan fingerprint density at radius 2 is 1.76 bits per heavy atom. The number of nitrogens with zero attached hydrogens (tertiary/aromatic N) is 3. The van der Waals surface area contributed by atoms with Crippen LogP contribution in [0.4, 0.5) is 10.5 Å². The molecule has 2 aliphatic heterocycles. The molecule has 1 fully saturated rings. The summed E-state index contributed by atoms with van der Waals surface area (Å²) in [5.74, 6) is -0.0486. The number of allylic oxidation sites excluding steroid dienone is 1. The van der Waals surface area contributed by atoms with Gasteiger partial charge in [0.25, 0.3) is 5.69 Å². The van der Waals surface area contributed by atoms with Crippen LogP contribution in [0.1, 0.15) is 68.4 Å². The standard InChI is InChI=1S/C47H55N3O12/c1-4-6-23-57-46(53)49(29-31-16-18-41-42(24-31)59-30-58-41)43-28-39(48-56-3)37-25-32(12-7-9-20-51)36(15-8-10-21-52)44-38-27-35(61-34-14-11-13-33(26-34)50(54)55)17-19-40(38)62-47(43,45(37)44)60-22-5-2/h4-5,11,13-14,16-19,24-27,32,36,43-45,51-52H,1-2,6-10,12,15,20-23,28-30H2,3H3. The molecule has 0 aromatic heterocycles. The van der Waals surface area contributed by atoms with Crippen molar-refractivity contribution in [2.45, 2.75) is 75.7 Å². The second-order valence-electron chi connectivity index (χ2n) is 15.8. The first-order valence-corrected chi connectivity index (χ1v) is 21.2. The summed E-state index contributed by atoms with van der Waals surface area (Å²) in [6, 6.07) is 16.2. The van der Waals surface area contributed by atoms with Gasteiger partial charge in [-0.2, -0.15) is 0 Å². The van der Waals surface area contributed by atoms with Crippen molar-refractivity contribution in [3.8, 4) is 28.7 Å². The summed E-state index contributed by atoms with van der Waals surface area (Å²) < 4.78 is 37.9. The summed E-state index contributed by atoms with van der Waals surface area (Å²) in [4.78, 5) is 33.0. The van der Waals surface area contributed by atoms with Gasteiger partial charge in [-0.25, -0.2) is 4.79 Å². The number of rotatable bonds is 21. The zero-order valence-electron chi connectivity index (χ0n) is 35.0. The van der Waals surface area contributed by atoms with Crippen molar-refractivity contribution >= 4 is 17.5 Å². The predicted octanol–water partition coefficient (Wildman–Crippen LogP) is 8.59. The van der Waals surface area contributed by atoms with Crippen molar-refractivity contribution in [1.29, 1.82) is 0 Å². The number of unbranched alkanes of at least 4 members (excludes halogenated alkanes) is 2. The number of hydrogen-bond donors (Lipinski definition) is 2. The Morgan fingerprint density at radius 1 is 0.984 bits per heavy atom. The number of oxime groups is 1. The molecule has 15 nitrogen and oxygen atoms in total. The molecule has 4 aliphatic rings. The Hall–Kier alpha value is -5.90. The van der Waals surface area contributed by atoms with Crippen LogP contribution in [0.5, 0.6) is 28.7 Å². The van der Waals surface area contributed by atoms with E-state index in [9.17, 15) is 25.1 Å². The highest BCUT2D eigenvalue weighted by atomic mass is 16.7. The summed E-state index contributed by atoms with van der Waals surface area (Å²) in [6.45, 7) is 8.26. The lowest BCUT2D eigenvalue weighted by Crippen LogP contribution is -2.70. The van der Waals surface area contributed by atoms with Crippen LogP contribution in [0.2, 0.25) is 0 Å². The van der Waals surface area contributed by atoms with E-state index in [1.54, 1.807) is 35.3 Å². The number of amides is 1. The van der Waals surface area contributed by atoms with Crippen molar-refractivity contribution < 1.29 is 53.2 Å². The Kier molecular flexibility index (Phi) is 14.5. The van der Waals surface area contributed by atoms with E-state index in [1.165, 1.54) is 19.2 Å². The number of non-ortho nitro benzene ring substituents is 1. The first-order chi connectivity index (χ1) is 30.2. The maximum atomic E-state index is 14.6. The van der Waals surface area contributed by atoms with Gasteiger partial charge in [-0.15, -0.1) is 13.2 Å². The van der Waals surface area contributed by atoms with Gasteiger partial charge in [-0.1, -0.05) is 48.4 Å².